The molecular weight excluding hydrogens is 654 g/mol. The summed E-state index contributed by atoms with van der Waals surface area (Å²) in [5, 5.41) is 3.59. The van der Waals surface area contributed by atoms with Crippen LogP contribution in [0.15, 0.2) is 60.2 Å². The Morgan fingerprint density at radius 2 is 1.65 bits per heavy atom. The highest BCUT2D eigenvalue weighted by Gasteiger charge is 2.36. The molecule has 1 aliphatic heterocycles. The molecule has 1 saturated heterocycles. The monoisotopic (exact) mass is 670 g/mol. The minimum atomic E-state index is -0.846. The van der Waals surface area contributed by atoms with E-state index in [-0.39, 0.29) is 17.9 Å². The average molecular weight is 672 g/mol. The number of amides is 4. The zero-order valence-corrected chi connectivity index (χ0v) is 23.6. The number of anilines is 1. The summed E-state index contributed by atoms with van der Waals surface area (Å²) < 4.78 is 12.5. The Labute approximate surface area is 241 Å². The topological polar surface area (TPSA) is 84.9 Å². The van der Waals surface area contributed by atoms with E-state index in [0.717, 1.165) is 4.90 Å². The van der Waals surface area contributed by atoms with Crippen LogP contribution in [0.1, 0.15) is 18.1 Å². The molecule has 0 radical (unpaired) electrons. The largest absolute Gasteiger partial charge is 0.490 e. The molecule has 0 aromatic heterocycles. The molecule has 190 valence electrons. The van der Waals surface area contributed by atoms with Crippen molar-refractivity contribution in [2.45, 2.75) is 13.5 Å². The molecule has 1 N–H and O–H groups in total. The Morgan fingerprint density at radius 3 is 2.30 bits per heavy atom. The maximum absolute atomic E-state index is 13.2. The number of urea groups is 1. The Bertz CT molecular complexity index is 1410. The molecule has 0 aliphatic carbocycles. The van der Waals surface area contributed by atoms with Crippen LogP contribution in [0.4, 0.5) is 10.5 Å². The second-order valence-electron chi connectivity index (χ2n) is 7.69. The van der Waals surface area contributed by atoms with Crippen LogP contribution >= 0.6 is 57.4 Å². The molecule has 11 heteroatoms. The molecule has 7 nitrogen and oxygen atoms in total. The standard InChI is InChI=1S/C26H18Cl3IN2O5/c1-2-36-22-12-14(11-21(30)23(22)37-13-18-19(28)4-3-5-20(18)29)10-17-24(33)31-26(35)32(25(17)34)16-8-6-15(27)7-9-16/h3-12H,2,13H2,1H3,(H,31,33,35)/b17-10+. The predicted molar refractivity (Wildman–Crippen MR) is 152 cm³/mol. The van der Waals surface area contributed by atoms with Crippen LogP contribution in [0.5, 0.6) is 11.5 Å². The number of imide groups is 2. The molecule has 1 fully saturated rings. The van der Waals surface area contributed by atoms with E-state index in [1.165, 1.54) is 18.2 Å². The molecule has 4 rings (SSSR count). The van der Waals surface area contributed by atoms with Crippen LogP contribution in [0.2, 0.25) is 15.1 Å². The second kappa shape index (κ2) is 11.7. The van der Waals surface area contributed by atoms with Crippen LogP contribution in [0.3, 0.4) is 0 Å². The number of halogens is 4. The number of carbonyl (C=O) groups is 3. The minimum absolute atomic E-state index is 0.105. The van der Waals surface area contributed by atoms with Gasteiger partial charge in [0.25, 0.3) is 11.8 Å². The Balaban J connectivity index is 1.67. The summed E-state index contributed by atoms with van der Waals surface area (Å²) in [6.07, 6.45) is 1.40. The van der Waals surface area contributed by atoms with Crippen molar-refractivity contribution in [2.24, 2.45) is 0 Å². The highest BCUT2D eigenvalue weighted by molar-refractivity contribution is 14.1. The third-order valence-corrected chi connectivity index (χ3v) is 7.01. The van der Waals surface area contributed by atoms with Crippen LogP contribution < -0.4 is 19.7 Å². The Kier molecular flexibility index (Phi) is 8.63. The molecule has 3 aromatic carbocycles. The van der Waals surface area contributed by atoms with Gasteiger partial charge in [-0.05, 0) is 89.7 Å². The van der Waals surface area contributed by atoms with Crippen LogP contribution in [0.25, 0.3) is 6.08 Å². The van der Waals surface area contributed by atoms with Gasteiger partial charge in [-0.15, -0.1) is 0 Å². The molecule has 1 heterocycles. The fraction of sp³-hybridized carbons (Fsp3) is 0.115. The van der Waals surface area contributed by atoms with E-state index in [2.05, 4.69) is 27.9 Å². The number of nitrogens with zero attached hydrogens (tertiary/aromatic N) is 1. The number of hydrogen-bond donors (Lipinski definition) is 1. The molecule has 0 saturated carbocycles. The van der Waals surface area contributed by atoms with Crippen molar-refractivity contribution in [3.05, 3.63) is 89.9 Å². The zero-order valence-electron chi connectivity index (χ0n) is 19.2. The van der Waals surface area contributed by atoms with Crippen LogP contribution in [-0.4, -0.2) is 24.5 Å². The molecule has 0 unspecified atom stereocenters. The predicted octanol–water partition coefficient (Wildman–Crippen LogP) is 6.90. The quantitative estimate of drug-likeness (QED) is 0.168. The summed E-state index contributed by atoms with van der Waals surface area (Å²) in [5.41, 5.74) is 1.19. The zero-order chi connectivity index (χ0) is 26.7. The first-order valence-corrected chi connectivity index (χ1v) is 13.1. The maximum Gasteiger partial charge on any atom is 0.335 e. The smallest absolute Gasteiger partial charge is 0.335 e. The summed E-state index contributed by atoms with van der Waals surface area (Å²) in [5.74, 6) is -0.712. The summed E-state index contributed by atoms with van der Waals surface area (Å²) >= 11 is 20.5. The van der Waals surface area contributed by atoms with Crippen molar-refractivity contribution in [1.82, 2.24) is 5.32 Å². The lowest BCUT2D eigenvalue weighted by atomic mass is 10.1. The van der Waals surface area contributed by atoms with Gasteiger partial charge in [0, 0.05) is 20.6 Å². The number of carbonyl (C=O) groups excluding carboxylic acids is 3. The molecule has 0 spiro atoms. The minimum Gasteiger partial charge on any atom is -0.490 e. The van der Waals surface area contributed by atoms with E-state index in [9.17, 15) is 14.4 Å². The number of rotatable bonds is 7. The van der Waals surface area contributed by atoms with Crippen molar-refractivity contribution in [3.63, 3.8) is 0 Å². The van der Waals surface area contributed by atoms with Crippen LogP contribution in [0, 0.1) is 3.57 Å². The molecule has 3 aromatic rings. The van der Waals surface area contributed by atoms with Gasteiger partial charge in [0.15, 0.2) is 11.5 Å². The lowest BCUT2D eigenvalue weighted by molar-refractivity contribution is -0.122. The number of nitrogens with one attached hydrogen (secondary N) is 1. The van der Waals surface area contributed by atoms with E-state index >= 15 is 0 Å². The van der Waals surface area contributed by atoms with Gasteiger partial charge in [-0.2, -0.15) is 0 Å². The van der Waals surface area contributed by atoms with Gasteiger partial charge >= 0.3 is 6.03 Å². The second-order valence-corrected chi connectivity index (χ2v) is 10.1. The van der Waals surface area contributed by atoms with Gasteiger partial charge in [0.1, 0.15) is 12.2 Å². The Morgan fingerprint density at radius 1 is 0.973 bits per heavy atom. The lowest BCUT2D eigenvalue weighted by Gasteiger charge is -2.26. The highest BCUT2D eigenvalue weighted by atomic mass is 127. The third kappa shape index (κ3) is 6.04. The van der Waals surface area contributed by atoms with E-state index in [0.29, 0.717) is 47.9 Å². The number of benzene rings is 3. The summed E-state index contributed by atoms with van der Waals surface area (Å²) in [4.78, 5) is 39.1. The van der Waals surface area contributed by atoms with Gasteiger partial charge in [0.05, 0.1) is 15.9 Å². The Hall–Kier alpha value is -2.79. The van der Waals surface area contributed by atoms with Crippen molar-refractivity contribution in [1.29, 1.82) is 0 Å². The van der Waals surface area contributed by atoms with Crippen molar-refractivity contribution >= 4 is 87.0 Å². The summed E-state index contributed by atoms with van der Waals surface area (Å²) in [6.45, 7) is 2.27. The normalized spacial score (nSPS) is 14.7. The van der Waals surface area contributed by atoms with Crippen molar-refractivity contribution in [3.8, 4) is 11.5 Å². The first-order valence-electron chi connectivity index (χ1n) is 10.9. The number of barbiturate groups is 1. The maximum atomic E-state index is 13.2. The van der Waals surface area contributed by atoms with Crippen molar-refractivity contribution in [2.75, 3.05) is 11.5 Å². The fourth-order valence-corrected chi connectivity index (χ4v) is 4.95. The van der Waals surface area contributed by atoms with Crippen LogP contribution in [-0.2, 0) is 16.2 Å². The van der Waals surface area contributed by atoms with Gasteiger partial charge in [-0.3, -0.25) is 14.9 Å². The molecule has 4 amide bonds. The van der Waals surface area contributed by atoms with Gasteiger partial charge in [0.2, 0.25) is 0 Å². The summed E-state index contributed by atoms with van der Waals surface area (Å²) in [7, 11) is 0. The van der Waals surface area contributed by atoms with Gasteiger partial charge in [-0.1, -0.05) is 40.9 Å². The molecule has 1 aliphatic rings. The highest BCUT2D eigenvalue weighted by Crippen LogP contribution is 2.37. The molecule has 0 bridgehead atoms. The fourth-order valence-electron chi connectivity index (χ4n) is 3.54. The SMILES string of the molecule is CCOc1cc(/C=C2\C(=O)NC(=O)N(c3ccc(Cl)cc3)C2=O)cc(I)c1OCc1c(Cl)cccc1Cl. The van der Waals surface area contributed by atoms with E-state index in [4.69, 9.17) is 44.3 Å². The molecule has 0 atom stereocenters. The summed E-state index contributed by atoms with van der Waals surface area (Å²) in [6, 6.07) is 13.8. The van der Waals surface area contributed by atoms with Gasteiger partial charge < -0.3 is 9.47 Å². The van der Waals surface area contributed by atoms with Gasteiger partial charge in [-0.25, -0.2) is 9.69 Å². The third-order valence-electron chi connectivity index (χ3n) is 5.25. The first-order chi connectivity index (χ1) is 17.7. The molecule has 37 heavy (non-hydrogen) atoms. The lowest BCUT2D eigenvalue weighted by Crippen LogP contribution is -2.54. The number of ether oxygens (including phenoxy) is 2. The van der Waals surface area contributed by atoms with E-state index in [1.54, 1.807) is 42.5 Å². The van der Waals surface area contributed by atoms with E-state index < -0.39 is 17.8 Å². The van der Waals surface area contributed by atoms with Crippen molar-refractivity contribution < 1.29 is 23.9 Å². The average Bonchev–Trinajstić information content (AvgIpc) is 2.84. The first kappa shape index (κ1) is 27.3. The molecular formula is C26H18Cl3IN2O5. The number of hydrogen-bond acceptors (Lipinski definition) is 5. The van der Waals surface area contributed by atoms with E-state index in [1.807, 2.05) is 6.92 Å².